The molecule has 4 nitrogen and oxygen atoms in total. The van der Waals surface area contributed by atoms with Gasteiger partial charge in [-0.05, 0) is 23.1 Å². The molecule has 0 saturated heterocycles. The summed E-state index contributed by atoms with van der Waals surface area (Å²) in [7, 11) is 0. The van der Waals surface area contributed by atoms with Crippen LogP contribution in [0.25, 0.3) is 17.0 Å². The number of nitrogens with zero attached hydrogens (tertiary/aromatic N) is 4. The third-order valence-electron chi connectivity index (χ3n) is 3.24. The first-order valence-corrected chi connectivity index (χ1v) is 6.82. The third-order valence-corrected chi connectivity index (χ3v) is 3.44. The smallest absolute Gasteiger partial charge is 0.185 e. The molecule has 3 rings (SSSR count). The number of aromatic nitrogens is 4. The first kappa shape index (κ1) is 13.1. The molecular weight excluding hydrogens is 272 g/mol. The zero-order valence-electron chi connectivity index (χ0n) is 11.6. The number of halogens is 1. The number of hydrogen-bond donors (Lipinski definition) is 0. The Hall–Kier alpha value is -1.94. The quantitative estimate of drug-likeness (QED) is 0.684. The molecule has 102 valence electrons. The third kappa shape index (κ3) is 2.27. The summed E-state index contributed by atoms with van der Waals surface area (Å²) in [5, 5.41) is 13.0. The highest BCUT2D eigenvalue weighted by Gasteiger charge is 2.15. The van der Waals surface area contributed by atoms with Gasteiger partial charge in [-0.15, -0.1) is 10.2 Å². The van der Waals surface area contributed by atoms with Crippen molar-refractivity contribution in [2.75, 3.05) is 0 Å². The molecule has 0 spiro atoms. The van der Waals surface area contributed by atoms with Gasteiger partial charge in [0.2, 0.25) is 0 Å². The van der Waals surface area contributed by atoms with Crippen LogP contribution in [0.15, 0.2) is 36.4 Å². The maximum absolute atomic E-state index is 5.93. The summed E-state index contributed by atoms with van der Waals surface area (Å²) in [5.41, 5.74) is 3.07. The van der Waals surface area contributed by atoms with E-state index in [0.717, 1.165) is 5.56 Å². The fourth-order valence-electron chi connectivity index (χ4n) is 2.07. The Balaban J connectivity index is 2.09. The Bertz CT molecular complexity index is 754. The fraction of sp³-hybridized carbons (Fsp3) is 0.267. The van der Waals surface area contributed by atoms with Gasteiger partial charge in [-0.1, -0.05) is 56.6 Å². The number of benzene rings is 1. The molecule has 20 heavy (non-hydrogen) atoms. The van der Waals surface area contributed by atoms with Crippen LogP contribution in [0.4, 0.5) is 0 Å². The Morgan fingerprint density at radius 1 is 0.950 bits per heavy atom. The molecule has 0 saturated carbocycles. The summed E-state index contributed by atoms with van der Waals surface area (Å²) in [6.45, 7) is 6.57. The molecule has 0 atom stereocenters. The van der Waals surface area contributed by atoms with Crippen molar-refractivity contribution in [1.29, 1.82) is 0 Å². The lowest BCUT2D eigenvalue weighted by Gasteiger charge is -2.18. The molecule has 0 radical (unpaired) electrons. The second-order valence-corrected chi connectivity index (χ2v) is 6.16. The molecule has 0 amide bonds. The summed E-state index contributed by atoms with van der Waals surface area (Å²) in [6.07, 6.45) is 0. The predicted octanol–water partition coefficient (Wildman–Crippen LogP) is 3.74. The minimum Gasteiger partial charge on any atom is -0.191 e. The van der Waals surface area contributed by atoms with Crippen molar-refractivity contribution in [1.82, 2.24) is 19.8 Å². The lowest BCUT2D eigenvalue weighted by Crippen LogP contribution is -2.10. The molecule has 5 heteroatoms. The normalized spacial score (nSPS) is 12.0. The second kappa shape index (κ2) is 4.56. The van der Waals surface area contributed by atoms with E-state index in [1.807, 2.05) is 12.1 Å². The summed E-state index contributed by atoms with van der Waals surface area (Å²) >= 11 is 5.93. The van der Waals surface area contributed by atoms with Crippen LogP contribution in [-0.4, -0.2) is 19.8 Å². The summed E-state index contributed by atoms with van der Waals surface area (Å²) < 4.78 is 1.66. The highest BCUT2D eigenvalue weighted by molar-refractivity contribution is 6.29. The lowest BCUT2D eigenvalue weighted by molar-refractivity contribution is 0.590. The van der Waals surface area contributed by atoms with Gasteiger partial charge >= 0.3 is 0 Å². The van der Waals surface area contributed by atoms with Gasteiger partial charge in [0, 0.05) is 5.56 Å². The van der Waals surface area contributed by atoms with Crippen LogP contribution in [0.3, 0.4) is 0 Å². The van der Waals surface area contributed by atoms with E-state index in [2.05, 4.69) is 48.2 Å². The SMILES string of the molecule is CC(C)(C)c1ccc(-c2nnc3ccc(Cl)nn23)cc1. The van der Waals surface area contributed by atoms with Crippen LogP contribution in [0.5, 0.6) is 0 Å². The monoisotopic (exact) mass is 286 g/mol. The average molecular weight is 287 g/mol. The van der Waals surface area contributed by atoms with Crippen molar-refractivity contribution in [2.45, 2.75) is 26.2 Å². The van der Waals surface area contributed by atoms with Crippen molar-refractivity contribution in [2.24, 2.45) is 0 Å². The fourth-order valence-corrected chi connectivity index (χ4v) is 2.20. The molecular formula is C15H15ClN4. The summed E-state index contributed by atoms with van der Waals surface area (Å²) in [6, 6.07) is 11.8. The van der Waals surface area contributed by atoms with Gasteiger partial charge in [-0.25, -0.2) is 0 Å². The molecule has 0 aliphatic rings. The highest BCUT2D eigenvalue weighted by atomic mass is 35.5. The van der Waals surface area contributed by atoms with E-state index in [1.165, 1.54) is 5.56 Å². The minimum atomic E-state index is 0.132. The van der Waals surface area contributed by atoms with Crippen LogP contribution in [0, 0.1) is 0 Å². The maximum Gasteiger partial charge on any atom is 0.185 e. The standard InChI is InChI=1S/C15H15ClN4/c1-15(2,3)11-6-4-10(5-7-11)14-18-17-13-9-8-12(16)19-20(13)14/h4-9H,1-3H3. The molecule has 0 N–H and O–H groups in total. The van der Waals surface area contributed by atoms with Crippen LogP contribution in [0.1, 0.15) is 26.3 Å². The zero-order chi connectivity index (χ0) is 14.3. The maximum atomic E-state index is 5.93. The number of rotatable bonds is 1. The van der Waals surface area contributed by atoms with Gasteiger partial charge in [-0.3, -0.25) is 0 Å². The van der Waals surface area contributed by atoms with Crippen LogP contribution >= 0.6 is 11.6 Å². The second-order valence-electron chi connectivity index (χ2n) is 5.78. The van der Waals surface area contributed by atoms with Crippen molar-refractivity contribution >= 4 is 17.2 Å². The van der Waals surface area contributed by atoms with E-state index in [9.17, 15) is 0 Å². The van der Waals surface area contributed by atoms with E-state index >= 15 is 0 Å². The van der Waals surface area contributed by atoms with Crippen molar-refractivity contribution in [3.05, 3.63) is 47.1 Å². The molecule has 0 fully saturated rings. The van der Waals surface area contributed by atoms with Crippen LogP contribution in [-0.2, 0) is 5.41 Å². The van der Waals surface area contributed by atoms with E-state index in [-0.39, 0.29) is 5.41 Å². The van der Waals surface area contributed by atoms with E-state index < -0.39 is 0 Å². The largest absolute Gasteiger partial charge is 0.191 e. The first-order valence-electron chi connectivity index (χ1n) is 6.44. The van der Waals surface area contributed by atoms with Gasteiger partial charge in [0.15, 0.2) is 11.5 Å². The molecule has 2 heterocycles. The van der Waals surface area contributed by atoms with Gasteiger partial charge in [0.25, 0.3) is 0 Å². The zero-order valence-corrected chi connectivity index (χ0v) is 12.4. The van der Waals surface area contributed by atoms with E-state index in [0.29, 0.717) is 16.6 Å². The Morgan fingerprint density at radius 3 is 2.30 bits per heavy atom. The Labute approximate surface area is 122 Å². The Kier molecular flexibility index (Phi) is 2.98. The lowest BCUT2D eigenvalue weighted by atomic mass is 9.87. The number of hydrogen-bond acceptors (Lipinski definition) is 3. The van der Waals surface area contributed by atoms with Crippen molar-refractivity contribution in [3.8, 4) is 11.4 Å². The van der Waals surface area contributed by atoms with E-state index in [1.54, 1.807) is 16.6 Å². The number of fused-ring (bicyclic) bond motifs is 1. The first-order chi connectivity index (χ1) is 9.45. The highest BCUT2D eigenvalue weighted by Crippen LogP contribution is 2.25. The molecule has 2 aromatic heterocycles. The molecule has 0 aliphatic heterocycles. The van der Waals surface area contributed by atoms with Crippen molar-refractivity contribution in [3.63, 3.8) is 0 Å². The predicted molar refractivity (Wildman–Crippen MR) is 79.9 cm³/mol. The van der Waals surface area contributed by atoms with Crippen LogP contribution in [0.2, 0.25) is 5.15 Å². The van der Waals surface area contributed by atoms with Crippen LogP contribution < -0.4 is 0 Å². The van der Waals surface area contributed by atoms with Gasteiger partial charge < -0.3 is 0 Å². The molecule has 0 aliphatic carbocycles. The molecule has 0 bridgehead atoms. The van der Waals surface area contributed by atoms with Gasteiger partial charge in [0.1, 0.15) is 5.15 Å². The van der Waals surface area contributed by atoms with Crippen molar-refractivity contribution < 1.29 is 0 Å². The molecule has 1 aromatic carbocycles. The summed E-state index contributed by atoms with van der Waals surface area (Å²) in [5.74, 6) is 0.697. The topological polar surface area (TPSA) is 43.1 Å². The minimum absolute atomic E-state index is 0.132. The van der Waals surface area contributed by atoms with Gasteiger partial charge in [0.05, 0.1) is 0 Å². The van der Waals surface area contributed by atoms with E-state index in [4.69, 9.17) is 11.6 Å². The van der Waals surface area contributed by atoms with Gasteiger partial charge in [-0.2, -0.15) is 9.61 Å². The average Bonchev–Trinajstić information content (AvgIpc) is 2.81. The Morgan fingerprint density at radius 2 is 1.65 bits per heavy atom. The molecule has 3 aromatic rings. The molecule has 0 unspecified atom stereocenters. The summed E-state index contributed by atoms with van der Waals surface area (Å²) in [4.78, 5) is 0.